The van der Waals surface area contributed by atoms with Crippen molar-refractivity contribution in [3.8, 4) is 0 Å². The number of nitrogens with zero attached hydrogens (tertiary/aromatic N) is 2. The molecule has 146 valence electrons. The third-order valence-corrected chi connectivity index (χ3v) is 6.51. The van der Waals surface area contributed by atoms with Gasteiger partial charge in [0.1, 0.15) is 0 Å². The molecule has 2 aromatic rings. The number of aliphatic hydroxyl groups excluding tert-OH is 1. The van der Waals surface area contributed by atoms with Gasteiger partial charge in [-0.05, 0) is 54.7 Å². The van der Waals surface area contributed by atoms with E-state index < -0.39 is 6.10 Å². The minimum Gasteiger partial charge on any atom is -0.388 e. The number of piperidine rings is 1. The molecule has 1 atom stereocenters. The van der Waals surface area contributed by atoms with E-state index in [9.17, 15) is 9.90 Å². The van der Waals surface area contributed by atoms with Gasteiger partial charge in [0.05, 0.1) is 17.8 Å². The summed E-state index contributed by atoms with van der Waals surface area (Å²) >= 11 is 6.25. The van der Waals surface area contributed by atoms with Gasteiger partial charge in [-0.3, -0.25) is 5.10 Å². The molecule has 1 aromatic carbocycles. The van der Waals surface area contributed by atoms with Crippen molar-refractivity contribution in [3.63, 3.8) is 0 Å². The highest BCUT2D eigenvalue weighted by molar-refractivity contribution is 6.31. The Hall–Kier alpha value is -1.79. The van der Waals surface area contributed by atoms with Crippen LogP contribution in [0.3, 0.4) is 0 Å². The Labute approximate surface area is 164 Å². The third-order valence-electron chi connectivity index (χ3n) is 6.29. The van der Waals surface area contributed by atoms with Gasteiger partial charge in [0.2, 0.25) is 0 Å². The molecular formula is C20H27ClN4O2. The van der Waals surface area contributed by atoms with Crippen LogP contribution in [-0.2, 0) is 0 Å². The lowest BCUT2D eigenvalue weighted by molar-refractivity contribution is -0.0142. The maximum absolute atomic E-state index is 12.3. The molecule has 1 aliphatic carbocycles. The maximum atomic E-state index is 12.3. The Bertz CT molecular complexity index is 838. The van der Waals surface area contributed by atoms with Crippen LogP contribution in [0.15, 0.2) is 18.3 Å². The van der Waals surface area contributed by atoms with Crippen LogP contribution >= 0.6 is 11.6 Å². The van der Waals surface area contributed by atoms with Gasteiger partial charge in [-0.2, -0.15) is 5.10 Å². The van der Waals surface area contributed by atoms with E-state index in [4.69, 9.17) is 11.6 Å². The Balaban J connectivity index is 1.47. The largest absolute Gasteiger partial charge is 0.388 e. The fourth-order valence-corrected chi connectivity index (χ4v) is 4.44. The van der Waals surface area contributed by atoms with Gasteiger partial charge in [0.25, 0.3) is 0 Å². The number of benzene rings is 1. The molecule has 0 bridgehead atoms. The lowest BCUT2D eigenvalue weighted by atomic mass is 9.68. The van der Waals surface area contributed by atoms with Gasteiger partial charge in [-0.25, -0.2) is 4.79 Å². The molecule has 1 saturated carbocycles. The fourth-order valence-electron chi connectivity index (χ4n) is 4.21. The van der Waals surface area contributed by atoms with Crippen molar-refractivity contribution in [1.82, 2.24) is 20.4 Å². The molecular weight excluding hydrogens is 364 g/mol. The van der Waals surface area contributed by atoms with E-state index in [1.54, 1.807) is 6.20 Å². The summed E-state index contributed by atoms with van der Waals surface area (Å²) in [6.07, 6.45) is 5.06. The van der Waals surface area contributed by atoms with Crippen LogP contribution in [0.1, 0.15) is 51.2 Å². The van der Waals surface area contributed by atoms with E-state index in [1.807, 2.05) is 17.0 Å². The first-order valence-corrected chi connectivity index (χ1v) is 10.1. The highest BCUT2D eigenvalue weighted by Crippen LogP contribution is 2.46. The second-order valence-electron chi connectivity index (χ2n) is 8.54. The molecule has 27 heavy (non-hydrogen) atoms. The van der Waals surface area contributed by atoms with E-state index in [0.717, 1.165) is 55.2 Å². The van der Waals surface area contributed by atoms with E-state index in [0.29, 0.717) is 17.0 Å². The first-order chi connectivity index (χ1) is 12.9. The molecule has 2 fully saturated rings. The first kappa shape index (κ1) is 18.6. The number of carbonyl (C=O) groups excluding carboxylic acids is 1. The lowest BCUT2D eigenvalue weighted by Crippen LogP contribution is -2.47. The number of H-pyrrole nitrogens is 1. The molecule has 3 N–H and O–H groups in total. The van der Waals surface area contributed by atoms with Crippen molar-refractivity contribution >= 4 is 28.5 Å². The number of aromatic nitrogens is 2. The Morgan fingerprint density at radius 3 is 2.70 bits per heavy atom. The summed E-state index contributed by atoms with van der Waals surface area (Å²) in [5.41, 5.74) is 1.30. The number of urea groups is 1. The average molecular weight is 391 g/mol. The summed E-state index contributed by atoms with van der Waals surface area (Å²) in [7, 11) is 0. The van der Waals surface area contributed by atoms with Crippen LogP contribution in [0, 0.1) is 11.3 Å². The number of amides is 2. The Kier molecular flexibility index (Phi) is 4.80. The number of hydrogen-bond acceptors (Lipinski definition) is 3. The van der Waals surface area contributed by atoms with Gasteiger partial charge < -0.3 is 15.3 Å². The SMILES string of the molecule is CC(C)(C1CCN(C(=O)NC2CC2)CC1)C(O)c1cc(Cl)cc2[nH]ncc12. The molecule has 1 saturated heterocycles. The number of hydrogen-bond donors (Lipinski definition) is 3. The molecule has 2 aliphatic rings. The molecule has 0 spiro atoms. The minimum absolute atomic E-state index is 0.0595. The van der Waals surface area contributed by atoms with Gasteiger partial charge in [0, 0.05) is 29.5 Å². The van der Waals surface area contributed by atoms with E-state index in [-0.39, 0.29) is 11.4 Å². The monoisotopic (exact) mass is 390 g/mol. The van der Waals surface area contributed by atoms with Crippen molar-refractivity contribution in [1.29, 1.82) is 0 Å². The van der Waals surface area contributed by atoms with Gasteiger partial charge in [-0.15, -0.1) is 0 Å². The number of nitrogens with one attached hydrogen (secondary N) is 2. The molecule has 4 rings (SSSR count). The van der Waals surface area contributed by atoms with Crippen molar-refractivity contribution in [2.45, 2.75) is 51.7 Å². The third kappa shape index (κ3) is 3.65. The predicted molar refractivity (Wildman–Crippen MR) is 106 cm³/mol. The number of halogens is 1. The first-order valence-electron chi connectivity index (χ1n) is 9.72. The van der Waals surface area contributed by atoms with Crippen LogP contribution in [-0.4, -0.2) is 45.4 Å². The van der Waals surface area contributed by atoms with E-state index in [1.165, 1.54) is 0 Å². The molecule has 0 radical (unpaired) electrons. The molecule has 1 aliphatic heterocycles. The zero-order valence-corrected chi connectivity index (χ0v) is 16.6. The molecule has 6 nitrogen and oxygen atoms in total. The lowest BCUT2D eigenvalue weighted by Gasteiger charge is -2.43. The molecule has 1 aromatic heterocycles. The summed E-state index contributed by atoms with van der Waals surface area (Å²) < 4.78 is 0. The molecule has 2 heterocycles. The highest BCUT2D eigenvalue weighted by Gasteiger charge is 2.40. The minimum atomic E-state index is -0.659. The van der Waals surface area contributed by atoms with Crippen LogP contribution in [0.4, 0.5) is 4.79 Å². The molecule has 7 heteroatoms. The summed E-state index contributed by atoms with van der Waals surface area (Å²) in [6.45, 7) is 5.68. The molecule has 2 amide bonds. The van der Waals surface area contributed by atoms with Gasteiger partial charge >= 0.3 is 6.03 Å². The average Bonchev–Trinajstić information content (AvgIpc) is 3.34. The van der Waals surface area contributed by atoms with Gasteiger partial charge in [-0.1, -0.05) is 25.4 Å². The predicted octanol–water partition coefficient (Wildman–Crippen LogP) is 3.86. The standard InChI is InChI=1S/C20H27ClN4O2/c1-20(2,12-5-7-25(8-6-12)19(27)23-14-3-4-14)18(26)15-9-13(21)10-17-16(15)11-22-24-17/h9-12,14,18,26H,3-8H2,1-2H3,(H,22,24)(H,23,27). The van der Waals surface area contributed by atoms with E-state index >= 15 is 0 Å². The summed E-state index contributed by atoms with van der Waals surface area (Å²) in [6, 6.07) is 4.10. The number of aromatic amines is 1. The number of rotatable bonds is 4. The number of aliphatic hydroxyl groups is 1. The second-order valence-corrected chi connectivity index (χ2v) is 8.97. The Morgan fingerprint density at radius 2 is 2.04 bits per heavy atom. The number of fused-ring (bicyclic) bond motifs is 1. The second kappa shape index (κ2) is 6.99. The molecule has 1 unspecified atom stereocenters. The Morgan fingerprint density at radius 1 is 1.33 bits per heavy atom. The summed E-state index contributed by atoms with van der Waals surface area (Å²) in [4.78, 5) is 14.2. The number of likely N-dealkylation sites (tertiary alicyclic amines) is 1. The van der Waals surface area contributed by atoms with Crippen molar-refractivity contribution < 1.29 is 9.90 Å². The zero-order valence-electron chi connectivity index (χ0n) is 15.8. The van der Waals surface area contributed by atoms with Crippen molar-refractivity contribution in [3.05, 3.63) is 28.9 Å². The topological polar surface area (TPSA) is 81.3 Å². The van der Waals surface area contributed by atoms with Crippen LogP contribution in [0.5, 0.6) is 0 Å². The maximum Gasteiger partial charge on any atom is 0.317 e. The number of carbonyl (C=O) groups is 1. The fraction of sp³-hybridized carbons (Fsp3) is 0.600. The van der Waals surface area contributed by atoms with Crippen molar-refractivity contribution in [2.24, 2.45) is 11.3 Å². The van der Waals surface area contributed by atoms with Crippen molar-refractivity contribution in [2.75, 3.05) is 13.1 Å². The highest BCUT2D eigenvalue weighted by atomic mass is 35.5. The van der Waals surface area contributed by atoms with Crippen LogP contribution in [0.2, 0.25) is 5.02 Å². The van der Waals surface area contributed by atoms with Gasteiger partial charge in [0.15, 0.2) is 0 Å². The summed E-state index contributed by atoms with van der Waals surface area (Å²) in [5.74, 6) is 0.318. The van der Waals surface area contributed by atoms with E-state index in [2.05, 4.69) is 29.4 Å². The smallest absolute Gasteiger partial charge is 0.317 e. The zero-order chi connectivity index (χ0) is 19.2. The van der Waals surface area contributed by atoms with Crippen LogP contribution < -0.4 is 5.32 Å². The quantitative estimate of drug-likeness (QED) is 0.741. The normalized spacial score (nSPS) is 20.1. The van der Waals surface area contributed by atoms with Crippen LogP contribution in [0.25, 0.3) is 10.9 Å². The summed E-state index contributed by atoms with van der Waals surface area (Å²) in [5, 5.41) is 22.8.